The first-order valence-corrected chi connectivity index (χ1v) is 7.28. The van der Waals surface area contributed by atoms with Gasteiger partial charge in [0.15, 0.2) is 0 Å². The zero-order chi connectivity index (χ0) is 17.8. The molecule has 25 heavy (non-hydrogen) atoms. The van der Waals surface area contributed by atoms with Gasteiger partial charge in [-0.25, -0.2) is 4.98 Å². The van der Waals surface area contributed by atoms with Gasteiger partial charge in [-0.05, 0) is 30.3 Å². The van der Waals surface area contributed by atoms with E-state index in [0.717, 1.165) is 0 Å². The lowest BCUT2D eigenvalue weighted by Gasteiger charge is -2.08. The Morgan fingerprint density at radius 1 is 1.24 bits per heavy atom. The summed E-state index contributed by atoms with van der Waals surface area (Å²) >= 11 is 6.01. The van der Waals surface area contributed by atoms with Gasteiger partial charge in [0.2, 0.25) is 0 Å². The minimum atomic E-state index is -2.91. The summed E-state index contributed by atoms with van der Waals surface area (Å²) in [6.45, 7) is -2.91. The van der Waals surface area contributed by atoms with Gasteiger partial charge in [0.25, 0.3) is 5.91 Å². The molecule has 0 aliphatic carbocycles. The molecule has 10 heteroatoms. The van der Waals surface area contributed by atoms with Crippen molar-refractivity contribution >= 4 is 23.2 Å². The molecular formula is C15H10ClF2N5O2. The Kier molecular flexibility index (Phi) is 4.85. The van der Waals surface area contributed by atoms with E-state index in [0.29, 0.717) is 16.9 Å². The molecular weight excluding hydrogens is 356 g/mol. The van der Waals surface area contributed by atoms with E-state index in [1.807, 2.05) is 0 Å². The molecule has 0 atom stereocenters. The normalized spacial score (nSPS) is 10.7. The van der Waals surface area contributed by atoms with E-state index < -0.39 is 12.5 Å². The van der Waals surface area contributed by atoms with Gasteiger partial charge >= 0.3 is 6.61 Å². The van der Waals surface area contributed by atoms with E-state index in [4.69, 9.17) is 11.6 Å². The molecule has 0 fully saturated rings. The maximum atomic E-state index is 12.3. The van der Waals surface area contributed by atoms with E-state index >= 15 is 0 Å². The molecule has 3 rings (SSSR count). The summed E-state index contributed by atoms with van der Waals surface area (Å²) in [7, 11) is 0. The van der Waals surface area contributed by atoms with E-state index in [1.165, 1.54) is 42.7 Å². The number of aromatic nitrogens is 4. The fraction of sp³-hybridized carbons (Fsp3) is 0.0667. The molecule has 0 saturated heterocycles. The molecule has 0 radical (unpaired) electrons. The van der Waals surface area contributed by atoms with Gasteiger partial charge in [-0.15, -0.1) is 0 Å². The topological polar surface area (TPSA) is 92.8 Å². The number of H-pyrrole nitrogens is 1. The summed E-state index contributed by atoms with van der Waals surface area (Å²) in [5, 5.41) is 12.8. The molecule has 1 aromatic carbocycles. The van der Waals surface area contributed by atoms with Crippen molar-refractivity contribution in [2.75, 3.05) is 5.32 Å². The van der Waals surface area contributed by atoms with Crippen molar-refractivity contribution in [2.24, 2.45) is 0 Å². The number of nitrogens with zero attached hydrogens (tertiary/aromatic N) is 3. The number of hydrogen-bond acceptors (Lipinski definition) is 5. The highest BCUT2D eigenvalue weighted by Crippen LogP contribution is 2.25. The van der Waals surface area contributed by atoms with Crippen LogP contribution < -0.4 is 10.1 Å². The summed E-state index contributed by atoms with van der Waals surface area (Å²) in [5.74, 6) is -0.453. The number of rotatable bonds is 5. The first-order valence-electron chi connectivity index (χ1n) is 6.91. The molecule has 1 amide bonds. The summed E-state index contributed by atoms with van der Waals surface area (Å²) in [6.07, 6.45) is 2.77. The highest BCUT2D eigenvalue weighted by Gasteiger charge is 2.13. The third-order valence-electron chi connectivity index (χ3n) is 3.13. The smallest absolute Gasteiger partial charge is 0.387 e. The van der Waals surface area contributed by atoms with Gasteiger partial charge in [-0.3, -0.25) is 4.79 Å². The van der Waals surface area contributed by atoms with E-state index in [2.05, 4.69) is 30.4 Å². The van der Waals surface area contributed by atoms with Crippen molar-refractivity contribution < 1.29 is 18.3 Å². The van der Waals surface area contributed by atoms with Crippen molar-refractivity contribution in [3.63, 3.8) is 0 Å². The lowest BCUT2D eigenvalue weighted by molar-refractivity contribution is -0.0498. The largest absolute Gasteiger partial charge is 0.435 e. The highest BCUT2D eigenvalue weighted by atomic mass is 35.5. The fourth-order valence-corrected chi connectivity index (χ4v) is 2.21. The van der Waals surface area contributed by atoms with E-state index in [1.54, 1.807) is 0 Å². The summed E-state index contributed by atoms with van der Waals surface area (Å²) in [4.78, 5) is 16.3. The number of anilines is 1. The van der Waals surface area contributed by atoms with Crippen LogP contribution in [0.3, 0.4) is 0 Å². The Hall–Kier alpha value is -3.07. The molecule has 0 bridgehead atoms. The van der Waals surface area contributed by atoms with Crippen LogP contribution in [0.15, 0.2) is 42.7 Å². The van der Waals surface area contributed by atoms with Crippen LogP contribution in [-0.2, 0) is 0 Å². The number of carbonyl (C=O) groups is 1. The second-order valence-electron chi connectivity index (χ2n) is 4.77. The average molecular weight is 366 g/mol. The summed E-state index contributed by atoms with van der Waals surface area (Å²) in [6, 6.07) is 7.05. The van der Waals surface area contributed by atoms with Gasteiger partial charge in [0, 0.05) is 17.4 Å². The van der Waals surface area contributed by atoms with Crippen molar-refractivity contribution in [2.45, 2.75) is 6.61 Å². The van der Waals surface area contributed by atoms with Crippen LogP contribution in [0.1, 0.15) is 10.4 Å². The van der Waals surface area contributed by atoms with Gasteiger partial charge in [-0.1, -0.05) is 11.6 Å². The number of carbonyl (C=O) groups excluding carboxylic acids is 1. The Morgan fingerprint density at radius 3 is 2.64 bits per heavy atom. The number of nitrogens with one attached hydrogen (secondary N) is 2. The molecule has 0 spiro atoms. The van der Waals surface area contributed by atoms with Gasteiger partial charge in [0.05, 0.1) is 11.8 Å². The molecule has 0 saturated carbocycles. The minimum absolute atomic E-state index is 0.00511. The highest BCUT2D eigenvalue weighted by molar-refractivity contribution is 6.32. The number of amides is 1. The van der Waals surface area contributed by atoms with Crippen LogP contribution in [0, 0.1) is 0 Å². The SMILES string of the molecule is O=C(Nc1ccc(OC(F)F)cc1)c1cnc(Cl)c(-c2cn[nH]n2)c1. The van der Waals surface area contributed by atoms with E-state index in [9.17, 15) is 13.6 Å². The third kappa shape index (κ3) is 4.07. The van der Waals surface area contributed by atoms with Crippen LogP contribution in [0.4, 0.5) is 14.5 Å². The molecule has 0 unspecified atom stereocenters. The quantitative estimate of drug-likeness (QED) is 0.676. The second kappa shape index (κ2) is 7.22. The first kappa shape index (κ1) is 16.8. The number of alkyl halides is 2. The van der Waals surface area contributed by atoms with Crippen molar-refractivity contribution in [3.8, 4) is 17.0 Å². The Bertz CT molecular complexity index is 872. The monoisotopic (exact) mass is 365 g/mol. The number of halogens is 3. The lowest BCUT2D eigenvalue weighted by atomic mass is 10.1. The van der Waals surface area contributed by atoms with E-state index in [-0.39, 0.29) is 16.5 Å². The summed E-state index contributed by atoms with van der Waals surface area (Å²) in [5.41, 5.74) is 1.55. The molecule has 0 aliphatic rings. The fourth-order valence-electron chi connectivity index (χ4n) is 2.01. The zero-order valence-corrected chi connectivity index (χ0v) is 13.2. The van der Waals surface area contributed by atoms with Crippen molar-refractivity contribution in [1.82, 2.24) is 20.4 Å². The average Bonchev–Trinajstić information content (AvgIpc) is 3.11. The lowest BCUT2D eigenvalue weighted by Crippen LogP contribution is -2.12. The Labute approximate surface area is 145 Å². The second-order valence-corrected chi connectivity index (χ2v) is 5.13. The molecule has 3 aromatic rings. The van der Waals surface area contributed by atoms with Crippen molar-refractivity contribution in [3.05, 3.63) is 53.4 Å². The van der Waals surface area contributed by atoms with Gasteiger partial charge in [-0.2, -0.15) is 24.2 Å². The van der Waals surface area contributed by atoms with Crippen LogP contribution in [-0.4, -0.2) is 32.9 Å². The molecule has 2 heterocycles. The first-order chi connectivity index (χ1) is 12.0. The number of pyridine rings is 1. The zero-order valence-electron chi connectivity index (χ0n) is 12.4. The Balaban J connectivity index is 1.76. The summed E-state index contributed by atoms with van der Waals surface area (Å²) < 4.78 is 28.5. The van der Waals surface area contributed by atoms with Crippen LogP contribution >= 0.6 is 11.6 Å². The van der Waals surface area contributed by atoms with Crippen LogP contribution in [0.25, 0.3) is 11.3 Å². The molecule has 0 aliphatic heterocycles. The molecule has 128 valence electrons. The van der Waals surface area contributed by atoms with Crippen molar-refractivity contribution in [1.29, 1.82) is 0 Å². The molecule has 2 N–H and O–H groups in total. The maximum Gasteiger partial charge on any atom is 0.387 e. The van der Waals surface area contributed by atoms with Crippen LogP contribution in [0.2, 0.25) is 5.15 Å². The molecule has 2 aromatic heterocycles. The third-order valence-corrected chi connectivity index (χ3v) is 3.43. The standard InChI is InChI=1S/C15H10ClF2N5O2/c16-13-11(12-7-20-23-22-12)5-8(6-19-13)14(24)21-9-1-3-10(4-2-9)25-15(17)18/h1-7,15H,(H,21,24)(H,20,22,23). The predicted molar refractivity (Wildman–Crippen MR) is 85.7 cm³/mol. The van der Waals surface area contributed by atoms with Gasteiger partial charge in [0.1, 0.15) is 16.6 Å². The van der Waals surface area contributed by atoms with Crippen LogP contribution in [0.5, 0.6) is 5.75 Å². The number of aromatic amines is 1. The minimum Gasteiger partial charge on any atom is -0.435 e. The molecule has 7 nitrogen and oxygen atoms in total. The Morgan fingerprint density at radius 2 is 2.00 bits per heavy atom. The number of hydrogen-bond donors (Lipinski definition) is 2. The predicted octanol–water partition coefficient (Wildman–Crippen LogP) is 3.37. The number of ether oxygens (including phenoxy) is 1. The number of benzene rings is 1. The maximum absolute atomic E-state index is 12.3. The van der Waals surface area contributed by atoms with Gasteiger partial charge < -0.3 is 10.1 Å².